The van der Waals surface area contributed by atoms with Crippen molar-refractivity contribution in [2.75, 3.05) is 7.11 Å². The van der Waals surface area contributed by atoms with Gasteiger partial charge in [0, 0.05) is 7.11 Å². The van der Waals surface area contributed by atoms with E-state index in [-0.39, 0.29) is 0 Å². The molecule has 1 nitrogen and oxygen atoms in total. The highest BCUT2D eigenvalue weighted by molar-refractivity contribution is 7.30. The first-order chi connectivity index (χ1) is 7.24. The maximum absolute atomic E-state index is 5.14. The third kappa shape index (κ3) is 4.67. The molecule has 0 saturated heterocycles. The Morgan fingerprint density at radius 1 is 0.867 bits per heavy atom. The van der Waals surface area contributed by atoms with Crippen LogP contribution in [0.3, 0.4) is 0 Å². The standard InChI is InChI=1S/C10H8.CH4Cl2OSi/c1-2-6-10-8-4-3-7-9(10)5-1;1-4-5(2)3/h1-8H;5H,1H3. The van der Waals surface area contributed by atoms with Crippen molar-refractivity contribution in [1.29, 1.82) is 0 Å². The largest absolute Gasteiger partial charge is 0.398 e. The van der Waals surface area contributed by atoms with E-state index in [4.69, 9.17) is 22.2 Å². The van der Waals surface area contributed by atoms with Crippen molar-refractivity contribution in [3.63, 3.8) is 0 Å². The fourth-order valence-electron chi connectivity index (χ4n) is 1.13. The first kappa shape index (κ1) is 12.5. The first-order valence-corrected chi connectivity index (χ1v) is 8.45. The second kappa shape index (κ2) is 6.85. The number of halogens is 2. The fourth-order valence-corrected chi connectivity index (χ4v) is 1.13. The van der Waals surface area contributed by atoms with Crippen LogP contribution in [-0.2, 0) is 4.43 Å². The molecule has 2 rings (SSSR count). The summed E-state index contributed by atoms with van der Waals surface area (Å²) in [6, 6.07) is 16.7. The zero-order valence-corrected chi connectivity index (χ0v) is 11.0. The number of benzene rings is 2. The quantitative estimate of drug-likeness (QED) is 0.561. The average Bonchev–Trinajstić information content (AvgIpc) is 2.30. The first-order valence-electron chi connectivity index (χ1n) is 4.49. The molecule has 0 aromatic heterocycles. The Morgan fingerprint density at radius 2 is 1.13 bits per heavy atom. The van der Waals surface area contributed by atoms with Crippen molar-refractivity contribution in [1.82, 2.24) is 0 Å². The maximum Gasteiger partial charge on any atom is 0.372 e. The van der Waals surface area contributed by atoms with E-state index in [2.05, 4.69) is 53.0 Å². The lowest BCUT2D eigenvalue weighted by molar-refractivity contribution is 0.449. The van der Waals surface area contributed by atoms with Gasteiger partial charge in [-0.2, -0.15) is 0 Å². The summed E-state index contributed by atoms with van der Waals surface area (Å²) in [5.41, 5.74) is 0. The van der Waals surface area contributed by atoms with Gasteiger partial charge in [0.05, 0.1) is 0 Å². The number of rotatable bonds is 1. The Kier molecular flexibility index (Phi) is 5.72. The minimum Gasteiger partial charge on any atom is -0.398 e. The molecule has 0 bridgehead atoms. The van der Waals surface area contributed by atoms with Crippen molar-refractivity contribution in [3.8, 4) is 0 Å². The van der Waals surface area contributed by atoms with Gasteiger partial charge in [-0.3, -0.25) is 0 Å². The molecule has 0 radical (unpaired) electrons. The van der Waals surface area contributed by atoms with Gasteiger partial charge >= 0.3 is 7.66 Å². The minimum absolute atomic E-state index is 1.31. The molecule has 0 N–H and O–H groups in total. The smallest absolute Gasteiger partial charge is 0.372 e. The highest BCUT2D eigenvalue weighted by atomic mass is 35.7. The molecule has 0 amide bonds. The normalized spacial score (nSPS) is 9.87. The van der Waals surface area contributed by atoms with Crippen LogP contribution < -0.4 is 0 Å². The second-order valence-corrected chi connectivity index (χ2v) is 6.88. The summed E-state index contributed by atoms with van der Waals surface area (Å²) in [5.74, 6) is 0. The number of hydrogen-bond acceptors (Lipinski definition) is 1. The SMILES string of the molecule is CO[SiH](Cl)Cl.c1ccc2ccccc2c1. The molecule has 2 aromatic rings. The van der Waals surface area contributed by atoms with Crippen molar-refractivity contribution in [2.24, 2.45) is 0 Å². The Bertz CT molecular complexity index is 341. The highest BCUT2D eigenvalue weighted by Gasteiger charge is 1.92. The summed E-state index contributed by atoms with van der Waals surface area (Å²) in [7, 11) is -0.208. The predicted octanol–water partition coefficient (Wildman–Crippen LogP) is 3.67. The van der Waals surface area contributed by atoms with Gasteiger partial charge in [-0.1, -0.05) is 48.5 Å². The maximum atomic E-state index is 5.14. The molecule has 80 valence electrons. The lowest BCUT2D eigenvalue weighted by Gasteiger charge is -1.92. The lowest BCUT2D eigenvalue weighted by Crippen LogP contribution is -1.93. The van der Waals surface area contributed by atoms with Gasteiger partial charge in [-0.05, 0) is 10.8 Å². The van der Waals surface area contributed by atoms with E-state index in [9.17, 15) is 0 Å². The lowest BCUT2D eigenvalue weighted by atomic mass is 10.1. The van der Waals surface area contributed by atoms with Gasteiger partial charge in [-0.15, -0.1) is 22.2 Å². The van der Waals surface area contributed by atoms with Crippen molar-refractivity contribution in [2.45, 2.75) is 0 Å². The van der Waals surface area contributed by atoms with Crippen LogP contribution in [0.4, 0.5) is 0 Å². The Hall–Kier alpha value is -0.543. The van der Waals surface area contributed by atoms with Crippen molar-refractivity contribution >= 4 is 40.6 Å². The van der Waals surface area contributed by atoms with Crippen molar-refractivity contribution in [3.05, 3.63) is 48.5 Å². The van der Waals surface area contributed by atoms with Crippen LogP contribution >= 0.6 is 22.2 Å². The Balaban J connectivity index is 0.000000195. The fraction of sp³-hybridized carbons (Fsp3) is 0.0909. The summed E-state index contributed by atoms with van der Waals surface area (Å²) < 4.78 is 4.42. The van der Waals surface area contributed by atoms with E-state index in [1.165, 1.54) is 17.9 Å². The number of fused-ring (bicyclic) bond motifs is 1. The molecule has 0 unspecified atom stereocenters. The van der Waals surface area contributed by atoms with Crippen LogP contribution in [-0.4, -0.2) is 14.8 Å². The predicted molar refractivity (Wildman–Crippen MR) is 69.8 cm³/mol. The third-order valence-corrected chi connectivity index (χ3v) is 3.26. The van der Waals surface area contributed by atoms with E-state index in [0.717, 1.165) is 0 Å². The summed E-state index contributed by atoms with van der Waals surface area (Å²) in [6.45, 7) is 0. The molecule has 4 heteroatoms. The van der Waals surface area contributed by atoms with Crippen LogP contribution in [0.2, 0.25) is 0 Å². The third-order valence-electron chi connectivity index (χ3n) is 1.84. The van der Waals surface area contributed by atoms with E-state index in [1.807, 2.05) is 0 Å². The van der Waals surface area contributed by atoms with Crippen LogP contribution in [0.25, 0.3) is 10.8 Å². The zero-order chi connectivity index (χ0) is 11.1. The van der Waals surface area contributed by atoms with E-state index in [0.29, 0.717) is 0 Å². The molecule has 0 aliphatic heterocycles. The van der Waals surface area contributed by atoms with E-state index < -0.39 is 7.66 Å². The van der Waals surface area contributed by atoms with Gasteiger partial charge in [0.1, 0.15) is 0 Å². The monoisotopic (exact) mass is 258 g/mol. The Morgan fingerprint density at radius 3 is 1.33 bits per heavy atom. The van der Waals surface area contributed by atoms with Crippen LogP contribution in [0.15, 0.2) is 48.5 Å². The molecule has 2 aromatic carbocycles. The molecular weight excluding hydrogens is 247 g/mol. The minimum atomic E-state index is -1.71. The average molecular weight is 259 g/mol. The zero-order valence-electron chi connectivity index (χ0n) is 8.36. The van der Waals surface area contributed by atoms with Crippen LogP contribution in [0, 0.1) is 0 Å². The summed E-state index contributed by atoms with van der Waals surface area (Å²) in [6.07, 6.45) is 0. The summed E-state index contributed by atoms with van der Waals surface area (Å²) in [4.78, 5) is 0. The van der Waals surface area contributed by atoms with E-state index in [1.54, 1.807) is 0 Å². The molecule has 15 heavy (non-hydrogen) atoms. The van der Waals surface area contributed by atoms with Gasteiger partial charge in [0.2, 0.25) is 0 Å². The molecule has 0 aliphatic carbocycles. The van der Waals surface area contributed by atoms with Crippen LogP contribution in [0.1, 0.15) is 0 Å². The molecule has 0 heterocycles. The molecule has 0 spiro atoms. The van der Waals surface area contributed by atoms with Gasteiger partial charge in [0.25, 0.3) is 0 Å². The Labute approximate surface area is 101 Å². The number of hydrogen-bond donors (Lipinski definition) is 0. The van der Waals surface area contributed by atoms with Gasteiger partial charge < -0.3 is 4.43 Å². The molecule has 0 aliphatic rings. The molecule has 0 fully saturated rings. The second-order valence-electron chi connectivity index (χ2n) is 2.84. The van der Waals surface area contributed by atoms with E-state index >= 15 is 0 Å². The highest BCUT2D eigenvalue weighted by Crippen LogP contribution is 2.11. The summed E-state index contributed by atoms with van der Waals surface area (Å²) in [5, 5.41) is 2.62. The van der Waals surface area contributed by atoms with Gasteiger partial charge in [-0.25, -0.2) is 0 Å². The van der Waals surface area contributed by atoms with Crippen molar-refractivity contribution < 1.29 is 4.43 Å². The van der Waals surface area contributed by atoms with Gasteiger partial charge in [0.15, 0.2) is 0 Å². The topological polar surface area (TPSA) is 9.23 Å². The summed E-state index contributed by atoms with van der Waals surface area (Å²) >= 11 is 10.3. The molecule has 0 atom stereocenters. The molecular formula is C11H12Cl2OSi. The van der Waals surface area contributed by atoms with Crippen LogP contribution in [0.5, 0.6) is 0 Å². The molecule has 0 saturated carbocycles.